The van der Waals surface area contributed by atoms with Gasteiger partial charge in [0, 0.05) is 19.0 Å². The minimum atomic E-state index is -4.84. The summed E-state index contributed by atoms with van der Waals surface area (Å²) in [6, 6.07) is 1.31. The molecule has 0 spiro atoms. The number of phosphoric acid groups is 1. The normalized spacial score (nSPS) is 19.0. The fraction of sp³-hybridized carbons (Fsp3) is 0.864. The number of hydrogen-bond donors (Lipinski definition) is 4. The zero-order valence-corrected chi connectivity index (χ0v) is 40.8. The zero-order valence-electron chi connectivity index (χ0n) is 37.9. The number of aliphatic hydroxyl groups is 2. The number of unbranched alkanes of at least 4 members (excludes halogenated alkanes) is 24. The predicted molar refractivity (Wildman–Crippen MR) is 232 cm³/mol. The molecule has 0 amide bonds. The minimum absolute atomic E-state index is 0. The van der Waals surface area contributed by atoms with E-state index in [0.717, 1.165) is 43.1 Å². The quantitative estimate of drug-likeness (QED) is 0.0259. The van der Waals surface area contributed by atoms with Gasteiger partial charge < -0.3 is 35.1 Å². The van der Waals surface area contributed by atoms with Gasteiger partial charge in [-0.15, -0.1) is 0 Å². The monoisotopic (exact) mass is 897 g/mol. The van der Waals surface area contributed by atoms with Crippen molar-refractivity contribution in [3.05, 3.63) is 22.7 Å². The summed E-state index contributed by atoms with van der Waals surface area (Å²) in [5, 5.41) is 21.0. The third-order valence-corrected chi connectivity index (χ3v) is 11.9. The number of aromatic nitrogens is 2. The number of nitrogens with two attached hydrogens (primary N) is 1. The second-order valence-corrected chi connectivity index (χ2v) is 17.9. The van der Waals surface area contributed by atoms with Gasteiger partial charge in [0.2, 0.25) is 0 Å². The third kappa shape index (κ3) is 27.5. The van der Waals surface area contributed by atoms with Crippen LogP contribution in [-0.4, -0.2) is 80.8 Å². The van der Waals surface area contributed by atoms with E-state index in [9.17, 15) is 34.1 Å². The molecule has 15 nitrogen and oxygen atoms in total. The molecule has 1 aromatic heterocycles. The average Bonchev–Trinajstić information content (AvgIpc) is 3.50. The largest absolute Gasteiger partial charge is 1.00 e. The Bertz CT molecular complexity index is 1390. The topological polar surface area (TPSA) is 219 Å². The first-order valence-electron chi connectivity index (χ1n) is 23.3. The second-order valence-electron chi connectivity index (χ2n) is 16.4. The summed E-state index contributed by atoms with van der Waals surface area (Å²) < 4.78 is 40.5. The molecular weight excluding hydrogens is 816 g/mol. The molecule has 1 aromatic rings. The van der Waals surface area contributed by atoms with Gasteiger partial charge in [-0.2, -0.15) is 4.98 Å². The van der Waals surface area contributed by atoms with Crippen LogP contribution in [0, 0.1) is 0 Å². The molecule has 6 atom stereocenters. The van der Waals surface area contributed by atoms with Gasteiger partial charge in [0.1, 0.15) is 30.7 Å². The van der Waals surface area contributed by atoms with Crippen molar-refractivity contribution in [2.24, 2.45) is 0 Å². The number of carbonyl (C=O) groups is 2. The van der Waals surface area contributed by atoms with Crippen LogP contribution in [0.2, 0.25) is 0 Å². The summed E-state index contributed by atoms with van der Waals surface area (Å²) in [5.41, 5.74) is 4.69. The molecule has 2 unspecified atom stereocenters. The van der Waals surface area contributed by atoms with Crippen molar-refractivity contribution >= 4 is 25.6 Å². The van der Waals surface area contributed by atoms with Crippen molar-refractivity contribution in [3.8, 4) is 0 Å². The van der Waals surface area contributed by atoms with Crippen molar-refractivity contribution in [1.29, 1.82) is 0 Å². The first-order chi connectivity index (χ1) is 29.0. The number of esters is 2. The molecule has 1 fully saturated rings. The molecule has 2 rings (SSSR count). The molecule has 0 radical (unpaired) electrons. The molecule has 2 heterocycles. The molecule has 348 valence electrons. The Kier molecular flexibility index (Phi) is 33.9. The molecule has 61 heavy (non-hydrogen) atoms. The first-order valence-corrected chi connectivity index (χ1v) is 24.8. The van der Waals surface area contributed by atoms with E-state index >= 15 is 0 Å². The number of rotatable bonds is 38. The molecule has 17 heteroatoms. The van der Waals surface area contributed by atoms with Crippen LogP contribution >= 0.6 is 7.82 Å². The van der Waals surface area contributed by atoms with Crippen LogP contribution < -0.4 is 41.0 Å². The second kappa shape index (κ2) is 35.9. The Balaban J connectivity index is 0.0000186. The van der Waals surface area contributed by atoms with Crippen molar-refractivity contribution in [1.82, 2.24) is 9.55 Å². The van der Waals surface area contributed by atoms with Crippen LogP contribution in [0.4, 0.5) is 5.82 Å². The molecule has 1 saturated heterocycles. The summed E-state index contributed by atoms with van der Waals surface area (Å²) in [6.07, 6.45) is 25.1. The molecule has 5 N–H and O–H groups in total. The standard InChI is InChI=1S/C44H80N3O12P.Na/c1-3-5-7-9-11-13-15-17-19-21-23-25-27-29-39(48)55-33-36(58-40(49)30-28-26-24-22-20-18-16-14-12-10-8-6-4-2)34-56-60(53,54)57-35-37-41(50)42(51)43(59-37)47-32-31-38(45)46-44(47)52;/h31-32,36-37,41-43,50-51H,3-30,33-35H2,1-2H3,(H,53,54)(H2,45,46,52);/q;+1/t36?,37-,41-,42+,43-;/m1./s1. The van der Waals surface area contributed by atoms with Crippen LogP contribution in [0.3, 0.4) is 0 Å². The summed E-state index contributed by atoms with van der Waals surface area (Å²) in [6.45, 7) is 2.78. The molecule has 1 aliphatic rings. The maximum absolute atomic E-state index is 12.9. The van der Waals surface area contributed by atoms with Crippen molar-refractivity contribution in [3.63, 3.8) is 0 Å². The van der Waals surface area contributed by atoms with E-state index in [1.165, 1.54) is 128 Å². The summed E-state index contributed by atoms with van der Waals surface area (Å²) in [7, 11) is -4.84. The van der Waals surface area contributed by atoms with Gasteiger partial charge in [-0.25, -0.2) is 9.36 Å². The van der Waals surface area contributed by atoms with Gasteiger partial charge in [-0.3, -0.25) is 23.2 Å². The van der Waals surface area contributed by atoms with Gasteiger partial charge >= 0.3 is 55.0 Å². The Labute approximate surface area is 387 Å². The number of carbonyl (C=O) groups excluding carboxylic acids is 2. The van der Waals surface area contributed by atoms with Crippen LogP contribution in [-0.2, 0) is 37.4 Å². The van der Waals surface area contributed by atoms with Gasteiger partial charge in [-0.1, -0.05) is 168 Å². The smallest absolute Gasteiger partial charge is 0.462 e. The fourth-order valence-electron chi connectivity index (χ4n) is 7.29. The summed E-state index contributed by atoms with van der Waals surface area (Å²) in [5.74, 6) is -1.05. The zero-order chi connectivity index (χ0) is 43.9. The third-order valence-electron chi connectivity index (χ3n) is 11.0. The van der Waals surface area contributed by atoms with Crippen molar-refractivity contribution in [2.45, 2.75) is 224 Å². The molecule has 1 aliphatic heterocycles. The van der Waals surface area contributed by atoms with Crippen molar-refractivity contribution in [2.75, 3.05) is 25.6 Å². The number of nitrogens with zero attached hydrogens (tertiary/aromatic N) is 2. The Morgan fingerprint density at radius 1 is 0.721 bits per heavy atom. The van der Waals surface area contributed by atoms with Crippen molar-refractivity contribution < 1.29 is 82.1 Å². The van der Waals surface area contributed by atoms with Gasteiger partial charge in [0.05, 0.1) is 13.2 Å². The summed E-state index contributed by atoms with van der Waals surface area (Å²) in [4.78, 5) is 51.7. The molecule has 0 saturated carbocycles. The van der Waals surface area contributed by atoms with E-state index < -0.39 is 69.3 Å². The molecule has 0 bridgehead atoms. The number of nitrogen functional groups attached to an aromatic ring is 1. The van der Waals surface area contributed by atoms with E-state index in [-0.39, 0.29) is 54.8 Å². The number of anilines is 1. The Hall–Kier alpha value is -1.39. The first kappa shape index (κ1) is 57.6. The van der Waals surface area contributed by atoms with Crippen LogP contribution in [0.1, 0.15) is 200 Å². The number of aliphatic hydroxyl groups excluding tert-OH is 2. The van der Waals surface area contributed by atoms with Gasteiger partial charge in [0.25, 0.3) is 0 Å². The van der Waals surface area contributed by atoms with Crippen LogP contribution in [0.5, 0.6) is 0 Å². The average molecular weight is 897 g/mol. The predicted octanol–water partition coefficient (Wildman–Crippen LogP) is 6.00. The molecule has 0 aliphatic carbocycles. The van der Waals surface area contributed by atoms with E-state index in [0.29, 0.717) is 12.8 Å². The van der Waals surface area contributed by atoms with Crippen LogP contribution in [0.15, 0.2) is 17.1 Å². The minimum Gasteiger partial charge on any atom is -0.462 e. The van der Waals surface area contributed by atoms with Crippen LogP contribution in [0.25, 0.3) is 0 Å². The number of phosphoric ester groups is 1. The van der Waals surface area contributed by atoms with Gasteiger partial charge in [0.15, 0.2) is 12.3 Å². The van der Waals surface area contributed by atoms with E-state index in [2.05, 4.69) is 18.8 Å². The van der Waals surface area contributed by atoms with Gasteiger partial charge in [-0.05, 0) is 18.9 Å². The SMILES string of the molecule is CCCCCCCCCCCCCCCC(=O)OCC(COP(=O)(O)OC[C@H]1O[C@@H](n2ccc(N)nc2=O)[C@@H](O)[C@@H]1O)OC(=O)CCCCCCCCCCCCCCC.[Na+]. The molecular formula is C44H80N3NaO12P+. The Morgan fingerprint density at radius 3 is 1.62 bits per heavy atom. The molecule has 0 aromatic carbocycles. The Morgan fingerprint density at radius 2 is 1.16 bits per heavy atom. The number of ether oxygens (including phenoxy) is 3. The fourth-order valence-corrected chi connectivity index (χ4v) is 8.06. The maximum atomic E-state index is 12.9. The van der Waals surface area contributed by atoms with E-state index in [1.54, 1.807) is 0 Å². The summed E-state index contributed by atoms with van der Waals surface area (Å²) >= 11 is 0. The van der Waals surface area contributed by atoms with E-state index in [4.69, 9.17) is 29.0 Å². The van der Waals surface area contributed by atoms with E-state index in [1.807, 2.05) is 0 Å². The number of hydrogen-bond acceptors (Lipinski definition) is 13. The maximum Gasteiger partial charge on any atom is 1.00 e.